The third-order valence-corrected chi connectivity index (χ3v) is 5.62. The van der Waals surface area contributed by atoms with E-state index in [0.29, 0.717) is 21.7 Å². The molecule has 0 aliphatic rings. The molecule has 8 heteroatoms. The third-order valence-electron chi connectivity index (χ3n) is 3.96. The second-order valence-electron chi connectivity index (χ2n) is 5.98. The molecular formula is C21H14BrClN2O3S. The molecule has 0 aliphatic heterocycles. The molecule has 0 unspecified atom stereocenters. The van der Waals surface area contributed by atoms with Gasteiger partial charge in [0.05, 0.1) is 10.2 Å². The van der Waals surface area contributed by atoms with E-state index in [-0.39, 0.29) is 18.3 Å². The smallest absolute Gasteiger partial charge is 0.293 e. The van der Waals surface area contributed by atoms with Gasteiger partial charge in [-0.2, -0.15) is 0 Å². The normalized spacial score (nSPS) is 10.7. The van der Waals surface area contributed by atoms with Crippen molar-refractivity contribution in [3.05, 3.63) is 87.1 Å². The monoisotopic (exact) mass is 488 g/mol. The first kappa shape index (κ1) is 19.7. The number of ether oxygens (including phenoxy) is 1. The Labute approximate surface area is 184 Å². The molecule has 2 aromatic heterocycles. The number of carbonyl (C=O) groups is 1. The number of amides is 1. The number of thiazole rings is 1. The number of nitrogens with one attached hydrogen (secondary N) is 1. The molecule has 0 atom stereocenters. The number of nitrogens with zero attached hydrogens (tertiary/aromatic N) is 1. The lowest BCUT2D eigenvalue weighted by Gasteiger charge is -2.05. The van der Waals surface area contributed by atoms with E-state index in [2.05, 4.69) is 26.2 Å². The minimum Gasteiger partial charge on any atom is -0.484 e. The van der Waals surface area contributed by atoms with Crippen molar-refractivity contribution in [2.75, 3.05) is 5.32 Å². The largest absolute Gasteiger partial charge is 0.484 e. The Morgan fingerprint density at radius 3 is 2.72 bits per heavy atom. The first-order valence-electron chi connectivity index (χ1n) is 8.57. The van der Waals surface area contributed by atoms with E-state index in [1.807, 2.05) is 41.8 Å². The van der Waals surface area contributed by atoms with Crippen LogP contribution < -0.4 is 10.1 Å². The summed E-state index contributed by atoms with van der Waals surface area (Å²) >= 11 is 10.7. The van der Waals surface area contributed by atoms with Crippen LogP contribution in [0.15, 0.2) is 74.9 Å². The van der Waals surface area contributed by atoms with Crippen LogP contribution >= 0.6 is 38.9 Å². The van der Waals surface area contributed by atoms with Crippen molar-refractivity contribution >= 4 is 49.9 Å². The molecule has 4 aromatic rings. The number of rotatable bonds is 6. The van der Waals surface area contributed by atoms with E-state index < -0.39 is 0 Å². The van der Waals surface area contributed by atoms with Gasteiger partial charge in [0, 0.05) is 16.0 Å². The molecule has 0 aliphatic carbocycles. The van der Waals surface area contributed by atoms with E-state index in [1.54, 1.807) is 24.3 Å². The Bertz CT molecular complexity index is 1140. The van der Waals surface area contributed by atoms with Gasteiger partial charge in [0.25, 0.3) is 5.91 Å². The molecule has 2 aromatic carbocycles. The highest BCUT2D eigenvalue weighted by Gasteiger charge is 2.14. The van der Waals surface area contributed by atoms with Gasteiger partial charge in [0.1, 0.15) is 18.1 Å². The molecule has 29 heavy (non-hydrogen) atoms. The second-order valence-corrected chi connectivity index (χ2v) is 8.13. The molecule has 0 radical (unpaired) electrons. The lowest BCUT2D eigenvalue weighted by atomic mass is 10.2. The Morgan fingerprint density at radius 1 is 1.14 bits per heavy atom. The average Bonchev–Trinajstić information content (AvgIpc) is 3.38. The third kappa shape index (κ3) is 4.87. The van der Waals surface area contributed by atoms with Crippen LogP contribution in [0.2, 0.25) is 5.02 Å². The number of benzene rings is 2. The molecule has 5 nitrogen and oxygen atoms in total. The summed E-state index contributed by atoms with van der Waals surface area (Å²) in [5, 5.41) is 5.78. The maximum atomic E-state index is 12.4. The summed E-state index contributed by atoms with van der Waals surface area (Å²) in [5.74, 6) is 1.08. The zero-order chi connectivity index (χ0) is 20.2. The fraction of sp³-hybridized carbons (Fsp3) is 0.0476. The molecule has 1 amide bonds. The number of carbonyl (C=O) groups excluding carboxylic acids is 1. The van der Waals surface area contributed by atoms with Crippen LogP contribution in [0.5, 0.6) is 5.75 Å². The van der Waals surface area contributed by atoms with Crippen LogP contribution in [0.25, 0.3) is 11.3 Å². The molecule has 0 saturated carbocycles. The van der Waals surface area contributed by atoms with Crippen LogP contribution in [-0.2, 0) is 6.61 Å². The zero-order valence-electron chi connectivity index (χ0n) is 14.9. The summed E-state index contributed by atoms with van der Waals surface area (Å²) in [6.07, 6.45) is 0. The fourth-order valence-electron chi connectivity index (χ4n) is 2.53. The van der Waals surface area contributed by atoms with Gasteiger partial charge in [0.15, 0.2) is 10.9 Å². The highest BCUT2D eigenvalue weighted by atomic mass is 79.9. The number of aromatic nitrogens is 1. The van der Waals surface area contributed by atoms with Crippen molar-refractivity contribution in [1.29, 1.82) is 0 Å². The topological polar surface area (TPSA) is 64.4 Å². The summed E-state index contributed by atoms with van der Waals surface area (Å²) in [6, 6.07) is 18.2. The maximum absolute atomic E-state index is 12.4. The molecule has 1 N–H and O–H groups in total. The molecule has 0 spiro atoms. The number of anilines is 1. The summed E-state index contributed by atoms with van der Waals surface area (Å²) in [7, 11) is 0. The minimum atomic E-state index is -0.367. The van der Waals surface area contributed by atoms with Crippen molar-refractivity contribution in [3.8, 4) is 17.0 Å². The quantitative estimate of drug-likeness (QED) is 0.329. The first-order chi connectivity index (χ1) is 14.1. The van der Waals surface area contributed by atoms with Crippen LogP contribution in [0, 0.1) is 0 Å². The van der Waals surface area contributed by atoms with E-state index >= 15 is 0 Å². The summed E-state index contributed by atoms with van der Waals surface area (Å²) in [5.41, 5.74) is 1.69. The number of para-hydroxylation sites is 1. The first-order valence-corrected chi connectivity index (χ1v) is 10.6. The predicted molar refractivity (Wildman–Crippen MR) is 118 cm³/mol. The van der Waals surface area contributed by atoms with Gasteiger partial charge in [-0.1, -0.05) is 35.9 Å². The van der Waals surface area contributed by atoms with E-state index in [9.17, 15) is 4.79 Å². The molecule has 4 rings (SSSR count). The molecular weight excluding hydrogens is 476 g/mol. The van der Waals surface area contributed by atoms with Gasteiger partial charge in [-0.15, -0.1) is 11.3 Å². The van der Waals surface area contributed by atoms with Gasteiger partial charge < -0.3 is 9.15 Å². The highest BCUT2D eigenvalue weighted by molar-refractivity contribution is 9.10. The molecule has 0 bridgehead atoms. The van der Waals surface area contributed by atoms with Crippen molar-refractivity contribution < 1.29 is 13.9 Å². The summed E-state index contributed by atoms with van der Waals surface area (Å²) < 4.78 is 12.1. The van der Waals surface area contributed by atoms with Crippen molar-refractivity contribution in [2.24, 2.45) is 0 Å². The summed E-state index contributed by atoms with van der Waals surface area (Å²) in [4.78, 5) is 16.9. The van der Waals surface area contributed by atoms with E-state index in [0.717, 1.165) is 15.7 Å². The van der Waals surface area contributed by atoms with Crippen LogP contribution in [-0.4, -0.2) is 10.9 Å². The Kier molecular flexibility index (Phi) is 5.99. The van der Waals surface area contributed by atoms with E-state index in [1.165, 1.54) is 11.3 Å². The SMILES string of the molecule is O=C(Nc1nc(-c2ccc(Cl)cc2)cs1)c1ccc(COc2ccccc2Br)o1. The standard InChI is InChI=1S/C21H14BrClN2O3S/c22-16-3-1-2-4-18(16)27-11-15-9-10-19(28-15)20(26)25-21-24-17(12-29-21)13-5-7-14(23)8-6-13/h1-10,12H,11H2,(H,24,25,26). The van der Waals surface area contributed by atoms with Crippen molar-refractivity contribution in [2.45, 2.75) is 6.61 Å². The van der Waals surface area contributed by atoms with Crippen LogP contribution in [0.4, 0.5) is 5.13 Å². The average molecular weight is 490 g/mol. The van der Waals surface area contributed by atoms with E-state index in [4.69, 9.17) is 20.8 Å². The molecule has 0 fully saturated rings. The number of halogens is 2. The second kappa shape index (κ2) is 8.82. The Balaban J connectivity index is 1.38. The number of furan rings is 1. The van der Waals surface area contributed by atoms with Crippen LogP contribution in [0.3, 0.4) is 0 Å². The minimum absolute atomic E-state index is 0.193. The predicted octanol–water partition coefficient (Wildman–Crippen LogP) is 6.65. The maximum Gasteiger partial charge on any atom is 0.293 e. The van der Waals surface area contributed by atoms with Gasteiger partial charge in [0.2, 0.25) is 0 Å². The van der Waals surface area contributed by atoms with Gasteiger partial charge in [-0.3, -0.25) is 10.1 Å². The van der Waals surface area contributed by atoms with Crippen LogP contribution in [0.1, 0.15) is 16.3 Å². The Morgan fingerprint density at radius 2 is 1.93 bits per heavy atom. The lowest BCUT2D eigenvalue weighted by Crippen LogP contribution is -2.10. The number of hydrogen-bond donors (Lipinski definition) is 1. The van der Waals surface area contributed by atoms with Crippen molar-refractivity contribution in [1.82, 2.24) is 4.98 Å². The lowest BCUT2D eigenvalue weighted by molar-refractivity contribution is 0.0992. The molecule has 2 heterocycles. The van der Waals surface area contributed by atoms with Gasteiger partial charge >= 0.3 is 0 Å². The highest BCUT2D eigenvalue weighted by Crippen LogP contribution is 2.27. The number of hydrogen-bond acceptors (Lipinski definition) is 5. The Hall–Kier alpha value is -2.61. The van der Waals surface area contributed by atoms with Gasteiger partial charge in [-0.25, -0.2) is 4.98 Å². The zero-order valence-corrected chi connectivity index (χ0v) is 18.1. The molecule has 146 valence electrons. The summed E-state index contributed by atoms with van der Waals surface area (Å²) in [6.45, 7) is 0.216. The van der Waals surface area contributed by atoms with Crippen molar-refractivity contribution in [3.63, 3.8) is 0 Å². The molecule has 0 saturated heterocycles. The fourth-order valence-corrected chi connectivity index (χ4v) is 3.77. The van der Waals surface area contributed by atoms with Gasteiger partial charge in [-0.05, 0) is 52.3 Å².